The maximum absolute atomic E-state index is 5.66. The monoisotopic (exact) mass is 339 g/mol. The summed E-state index contributed by atoms with van der Waals surface area (Å²) in [6, 6.07) is 9.46. The van der Waals surface area contributed by atoms with Gasteiger partial charge in [-0.15, -0.1) is 0 Å². The zero-order valence-corrected chi connectivity index (χ0v) is 14.0. The summed E-state index contributed by atoms with van der Waals surface area (Å²) in [5.41, 5.74) is 1.41. The second kappa shape index (κ2) is 8.81. The molecule has 0 aromatic heterocycles. The van der Waals surface area contributed by atoms with Gasteiger partial charge in [0, 0.05) is 23.7 Å². The van der Waals surface area contributed by atoms with Crippen molar-refractivity contribution in [1.29, 1.82) is 0 Å². The highest BCUT2D eigenvalue weighted by atomic mass is 79.9. The molecule has 1 fully saturated rings. The Bertz CT molecular complexity index is 392. The van der Waals surface area contributed by atoms with Gasteiger partial charge in [0.15, 0.2) is 0 Å². The highest BCUT2D eigenvalue weighted by Gasteiger charge is 2.22. The Hall–Kier alpha value is -0.380. The minimum Gasteiger partial charge on any atom is -0.381 e. The van der Waals surface area contributed by atoms with Crippen LogP contribution < -0.4 is 5.32 Å². The van der Waals surface area contributed by atoms with Gasteiger partial charge in [-0.1, -0.05) is 35.0 Å². The largest absolute Gasteiger partial charge is 0.381 e. The molecule has 0 saturated heterocycles. The minimum atomic E-state index is 0.668. The Morgan fingerprint density at radius 2 is 2.20 bits per heavy atom. The number of hydrogen-bond acceptors (Lipinski definition) is 2. The first-order chi connectivity index (χ1) is 9.78. The standard InChI is InChI=1S/C17H26BrNO/c1-2-9-20-10-8-15(13-19-17-6-7-17)11-14-4-3-5-16(18)12-14/h3-5,12,15,17,19H,2,6-11,13H2,1H3. The summed E-state index contributed by atoms with van der Waals surface area (Å²) < 4.78 is 6.83. The predicted molar refractivity (Wildman–Crippen MR) is 88.1 cm³/mol. The molecule has 112 valence electrons. The van der Waals surface area contributed by atoms with Crippen LogP contribution in [0.3, 0.4) is 0 Å². The number of hydrogen-bond donors (Lipinski definition) is 1. The van der Waals surface area contributed by atoms with E-state index in [1.165, 1.54) is 22.9 Å². The third kappa shape index (κ3) is 6.38. The molecular weight excluding hydrogens is 314 g/mol. The number of halogens is 1. The Kier molecular flexibility index (Phi) is 7.05. The fourth-order valence-corrected chi connectivity index (χ4v) is 2.84. The lowest BCUT2D eigenvalue weighted by Gasteiger charge is -2.18. The maximum Gasteiger partial charge on any atom is 0.0469 e. The lowest BCUT2D eigenvalue weighted by Crippen LogP contribution is -2.27. The van der Waals surface area contributed by atoms with Crippen molar-refractivity contribution in [3.05, 3.63) is 34.3 Å². The van der Waals surface area contributed by atoms with E-state index >= 15 is 0 Å². The molecule has 2 rings (SSSR count). The summed E-state index contributed by atoms with van der Waals surface area (Å²) in [4.78, 5) is 0. The van der Waals surface area contributed by atoms with E-state index in [4.69, 9.17) is 4.74 Å². The van der Waals surface area contributed by atoms with Gasteiger partial charge < -0.3 is 10.1 Å². The van der Waals surface area contributed by atoms with Crippen LogP contribution in [0.2, 0.25) is 0 Å². The summed E-state index contributed by atoms with van der Waals surface area (Å²) >= 11 is 3.56. The Balaban J connectivity index is 1.80. The third-order valence-electron chi connectivity index (χ3n) is 3.70. The molecule has 1 N–H and O–H groups in total. The Labute approximate surface area is 131 Å². The van der Waals surface area contributed by atoms with Crippen LogP contribution in [0.25, 0.3) is 0 Å². The van der Waals surface area contributed by atoms with E-state index in [-0.39, 0.29) is 0 Å². The van der Waals surface area contributed by atoms with Crippen LogP contribution in [0, 0.1) is 5.92 Å². The SMILES string of the molecule is CCCOCCC(CNC1CC1)Cc1cccc(Br)c1. The summed E-state index contributed by atoms with van der Waals surface area (Å²) in [5, 5.41) is 3.67. The molecule has 1 aliphatic carbocycles. The van der Waals surface area contributed by atoms with Crippen LogP contribution in [-0.2, 0) is 11.2 Å². The highest BCUT2D eigenvalue weighted by Crippen LogP contribution is 2.21. The average Bonchev–Trinajstić information content (AvgIpc) is 3.25. The van der Waals surface area contributed by atoms with Gasteiger partial charge in [0.1, 0.15) is 0 Å². The summed E-state index contributed by atoms with van der Waals surface area (Å²) in [5.74, 6) is 0.668. The first kappa shape index (κ1) is 16.0. The van der Waals surface area contributed by atoms with Gasteiger partial charge in [-0.25, -0.2) is 0 Å². The van der Waals surface area contributed by atoms with Crippen LogP contribution >= 0.6 is 15.9 Å². The van der Waals surface area contributed by atoms with Crippen LogP contribution in [0.15, 0.2) is 28.7 Å². The molecule has 0 spiro atoms. The normalized spacial score (nSPS) is 16.3. The van der Waals surface area contributed by atoms with E-state index in [1.807, 2.05) is 0 Å². The first-order valence-electron chi connectivity index (χ1n) is 7.83. The Morgan fingerprint density at radius 3 is 2.90 bits per heavy atom. The summed E-state index contributed by atoms with van der Waals surface area (Å²) in [6.07, 6.45) is 6.10. The van der Waals surface area contributed by atoms with Gasteiger partial charge in [-0.05, 0) is 62.3 Å². The van der Waals surface area contributed by atoms with Crippen molar-refractivity contribution in [3.8, 4) is 0 Å². The van der Waals surface area contributed by atoms with Gasteiger partial charge in [0.05, 0.1) is 0 Å². The molecule has 2 nitrogen and oxygen atoms in total. The van der Waals surface area contributed by atoms with Crippen molar-refractivity contribution < 1.29 is 4.74 Å². The predicted octanol–water partition coefficient (Wildman–Crippen LogP) is 4.18. The molecule has 1 aromatic carbocycles. The lowest BCUT2D eigenvalue weighted by molar-refractivity contribution is 0.120. The van der Waals surface area contributed by atoms with E-state index in [0.29, 0.717) is 5.92 Å². The molecule has 0 amide bonds. The average molecular weight is 340 g/mol. The van der Waals surface area contributed by atoms with Crippen LogP contribution in [0.5, 0.6) is 0 Å². The number of benzene rings is 1. The fourth-order valence-electron chi connectivity index (χ4n) is 2.39. The topological polar surface area (TPSA) is 21.3 Å². The van der Waals surface area contributed by atoms with E-state index < -0.39 is 0 Å². The molecule has 1 atom stereocenters. The van der Waals surface area contributed by atoms with Gasteiger partial charge >= 0.3 is 0 Å². The third-order valence-corrected chi connectivity index (χ3v) is 4.20. The first-order valence-corrected chi connectivity index (χ1v) is 8.62. The van der Waals surface area contributed by atoms with Crippen molar-refractivity contribution in [2.24, 2.45) is 5.92 Å². The van der Waals surface area contributed by atoms with Crippen molar-refractivity contribution in [2.75, 3.05) is 19.8 Å². The molecular formula is C17H26BrNO. The lowest BCUT2D eigenvalue weighted by atomic mass is 9.96. The van der Waals surface area contributed by atoms with Crippen LogP contribution in [0.1, 0.15) is 38.2 Å². The number of ether oxygens (including phenoxy) is 1. The van der Waals surface area contributed by atoms with E-state index in [2.05, 4.69) is 52.4 Å². The van der Waals surface area contributed by atoms with Gasteiger partial charge in [-0.3, -0.25) is 0 Å². The van der Waals surface area contributed by atoms with Gasteiger partial charge in [0.25, 0.3) is 0 Å². The molecule has 1 aliphatic rings. The van der Waals surface area contributed by atoms with Crippen LogP contribution in [-0.4, -0.2) is 25.8 Å². The van der Waals surface area contributed by atoms with Crippen molar-refractivity contribution in [3.63, 3.8) is 0 Å². The number of nitrogens with one attached hydrogen (secondary N) is 1. The highest BCUT2D eigenvalue weighted by molar-refractivity contribution is 9.10. The number of rotatable bonds is 10. The Morgan fingerprint density at radius 1 is 1.35 bits per heavy atom. The second-order valence-electron chi connectivity index (χ2n) is 5.78. The summed E-state index contributed by atoms with van der Waals surface area (Å²) in [6.45, 7) is 5.05. The molecule has 0 aliphatic heterocycles. The molecule has 0 bridgehead atoms. The molecule has 0 heterocycles. The van der Waals surface area contributed by atoms with Crippen molar-refractivity contribution in [2.45, 2.75) is 45.1 Å². The van der Waals surface area contributed by atoms with Crippen molar-refractivity contribution >= 4 is 15.9 Å². The zero-order chi connectivity index (χ0) is 14.2. The van der Waals surface area contributed by atoms with E-state index in [0.717, 1.165) is 45.1 Å². The van der Waals surface area contributed by atoms with E-state index in [9.17, 15) is 0 Å². The zero-order valence-electron chi connectivity index (χ0n) is 12.4. The molecule has 3 heteroatoms. The van der Waals surface area contributed by atoms with Gasteiger partial charge in [-0.2, -0.15) is 0 Å². The maximum atomic E-state index is 5.66. The summed E-state index contributed by atoms with van der Waals surface area (Å²) in [7, 11) is 0. The second-order valence-corrected chi connectivity index (χ2v) is 6.70. The van der Waals surface area contributed by atoms with Crippen LogP contribution in [0.4, 0.5) is 0 Å². The van der Waals surface area contributed by atoms with Crippen molar-refractivity contribution in [1.82, 2.24) is 5.32 Å². The smallest absolute Gasteiger partial charge is 0.0469 e. The molecule has 1 unspecified atom stereocenters. The quantitative estimate of drug-likeness (QED) is 0.645. The molecule has 1 saturated carbocycles. The fraction of sp³-hybridized carbons (Fsp3) is 0.647. The van der Waals surface area contributed by atoms with E-state index in [1.54, 1.807) is 0 Å². The molecule has 0 radical (unpaired) electrons. The van der Waals surface area contributed by atoms with Gasteiger partial charge in [0.2, 0.25) is 0 Å². The minimum absolute atomic E-state index is 0.668. The molecule has 1 aromatic rings. The molecule has 20 heavy (non-hydrogen) atoms.